The van der Waals surface area contributed by atoms with Crippen LogP contribution in [-0.4, -0.2) is 11.9 Å². The number of carbonyl (C=O) groups excluding carboxylic acids is 1. The standard InChI is InChI=1S/C13H20N2O/c1-4-9(2)12(14)13(16)15-11-8-6-5-7-10(11)3/h5-9,12H,4,14H2,1-3H3,(H,15,16)/t9-,12-/m0/s1. The molecule has 2 atom stereocenters. The summed E-state index contributed by atoms with van der Waals surface area (Å²) in [6, 6.07) is 7.25. The molecular formula is C13H20N2O. The van der Waals surface area contributed by atoms with Crippen molar-refractivity contribution >= 4 is 11.6 Å². The van der Waals surface area contributed by atoms with Crippen LogP contribution in [0.1, 0.15) is 25.8 Å². The van der Waals surface area contributed by atoms with E-state index in [1.54, 1.807) is 0 Å². The second-order valence-electron chi connectivity index (χ2n) is 4.22. The van der Waals surface area contributed by atoms with Gasteiger partial charge in [0.2, 0.25) is 5.91 Å². The van der Waals surface area contributed by atoms with E-state index in [1.807, 2.05) is 45.0 Å². The molecule has 0 unspecified atom stereocenters. The van der Waals surface area contributed by atoms with Crippen molar-refractivity contribution in [2.24, 2.45) is 11.7 Å². The number of anilines is 1. The SMILES string of the molecule is CC[C@H](C)[C@H](N)C(=O)Nc1ccccc1C. The van der Waals surface area contributed by atoms with Gasteiger partial charge in [-0.25, -0.2) is 0 Å². The Morgan fingerprint density at radius 3 is 2.62 bits per heavy atom. The van der Waals surface area contributed by atoms with Gasteiger partial charge in [-0.15, -0.1) is 0 Å². The number of aryl methyl sites for hydroxylation is 1. The molecule has 0 saturated heterocycles. The first-order chi connectivity index (χ1) is 7.56. The molecule has 3 nitrogen and oxygen atoms in total. The van der Waals surface area contributed by atoms with Crippen LogP contribution in [0.15, 0.2) is 24.3 Å². The van der Waals surface area contributed by atoms with Crippen LogP contribution >= 0.6 is 0 Å². The molecule has 1 aromatic rings. The molecule has 0 saturated carbocycles. The molecule has 3 N–H and O–H groups in total. The molecule has 0 bridgehead atoms. The number of nitrogens with two attached hydrogens (primary N) is 1. The third kappa shape index (κ3) is 3.07. The van der Waals surface area contributed by atoms with Crippen molar-refractivity contribution in [1.82, 2.24) is 0 Å². The van der Waals surface area contributed by atoms with Crippen LogP contribution in [0.2, 0.25) is 0 Å². The van der Waals surface area contributed by atoms with Crippen molar-refractivity contribution in [2.75, 3.05) is 5.32 Å². The minimum atomic E-state index is -0.440. The highest BCUT2D eigenvalue weighted by Crippen LogP contribution is 2.14. The molecule has 1 rings (SSSR count). The van der Waals surface area contributed by atoms with Gasteiger partial charge in [-0.05, 0) is 24.5 Å². The Hall–Kier alpha value is -1.35. The minimum Gasteiger partial charge on any atom is -0.324 e. The predicted molar refractivity (Wildman–Crippen MR) is 67.2 cm³/mol. The van der Waals surface area contributed by atoms with Crippen molar-refractivity contribution in [3.63, 3.8) is 0 Å². The third-order valence-electron chi connectivity index (χ3n) is 2.96. The zero-order valence-corrected chi connectivity index (χ0v) is 10.2. The average molecular weight is 220 g/mol. The van der Waals surface area contributed by atoms with Gasteiger partial charge in [0.1, 0.15) is 0 Å². The summed E-state index contributed by atoms with van der Waals surface area (Å²) >= 11 is 0. The Morgan fingerprint density at radius 2 is 2.06 bits per heavy atom. The van der Waals surface area contributed by atoms with Crippen LogP contribution < -0.4 is 11.1 Å². The Balaban J connectivity index is 2.68. The number of nitrogens with one attached hydrogen (secondary N) is 1. The van der Waals surface area contributed by atoms with Gasteiger partial charge in [0.15, 0.2) is 0 Å². The second-order valence-corrected chi connectivity index (χ2v) is 4.22. The summed E-state index contributed by atoms with van der Waals surface area (Å²) in [5, 5.41) is 2.86. The molecule has 0 radical (unpaired) electrons. The highest BCUT2D eigenvalue weighted by Gasteiger charge is 2.19. The second kappa shape index (κ2) is 5.66. The van der Waals surface area contributed by atoms with Gasteiger partial charge in [-0.1, -0.05) is 38.5 Å². The lowest BCUT2D eigenvalue weighted by Crippen LogP contribution is -2.40. The Morgan fingerprint density at radius 1 is 1.44 bits per heavy atom. The highest BCUT2D eigenvalue weighted by molar-refractivity contribution is 5.95. The molecule has 1 aromatic carbocycles. The largest absolute Gasteiger partial charge is 0.324 e. The van der Waals surface area contributed by atoms with E-state index in [2.05, 4.69) is 5.32 Å². The maximum absolute atomic E-state index is 11.8. The number of carbonyl (C=O) groups is 1. The zero-order valence-electron chi connectivity index (χ0n) is 10.2. The topological polar surface area (TPSA) is 55.1 Å². The molecule has 1 amide bonds. The summed E-state index contributed by atoms with van der Waals surface area (Å²) in [5.74, 6) is 0.0904. The van der Waals surface area contributed by atoms with E-state index in [0.717, 1.165) is 17.7 Å². The van der Waals surface area contributed by atoms with Gasteiger partial charge >= 0.3 is 0 Å². The number of benzene rings is 1. The smallest absolute Gasteiger partial charge is 0.241 e. The molecule has 0 aromatic heterocycles. The van der Waals surface area contributed by atoms with Crippen molar-refractivity contribution in [3.05, 3.63) is 29.8 Å². The summed E-state index contributed by atoms with van der Waals surface area (Å²) in [6.07, 6.45) is 0.905. The van der Waals surface area contributed by atoms with Gasteiger partial charge in [-0.3, -0.25) is 4.79 Å². The fourth-order valence-electron chi connectivity index (χ4n) is 1.44. The van der Waals surface area contributed by atoms with Crippen molar-refractivity contribution in [3.8, 4) is 0 Å². The fraction of sp³-hybridized carbons (Fsp3) is 0.462. The van der Waals surface area contributed by atoms with Gasteiger partial charge < -0.3 is 11.1 Å². The van der Waals surface area contributed by atoms with Crippen molar-refractivity contribution in [2.45, 2.75) is 33.2 Å². The first-order valence-corrected chi connectivity index (χ1v) is 5.68. The normalized spacial score (nSPS) is 14.2. The molecule has 0 aliphatic rings. The molecule has 16 heavy (non-hydrogen) atoms. The van der Waals surface area contributed by atoms with E-state index < -0.39 is 6.04 Å². The maximum atomic E-state index is 11.8. The van der Waals surface area contributed by atoms with Crippen LogP contribution in [0, 0.1) is 12.8 Å². The molecular weight excluding hydrogens is 200 g/mol. The summed E-state index contributed by atoms with van der Waals surface area (Å²) in [4.78, 5) is 11.8. The van der Waals surface area contributed by atoms with E-state index in [9.17, 15) is 4.79 Å². The summed E-state index contributed by atoms with van der Waals surface area (Å²) in [5.41, 5.74) is 7.74. The number of para-hydroxylation sites is 1. The van der Waals surface area contributed by atoms with Crippen LogP contribution in [0.3, 0.4) is 0 Å². The first kappa shape index (κ1) is 12.7. The number of amides is 1. The fourth-order valence-corrected chi connectivity index (χ4v) is 1.44. The molecule has 88 valence electrons. The van der Waals surface area contributed by atoms with Gasteiger partial charge in [-0.2, -0.15) is 0 Å². The molecule has 0 aliphatic heterocycles. The van der Waals surface area contributed by atoms with Crippen LogP contribution in [-0.2, 0) is 4.79 Å². The molecule has 0 aliphatic carbocycles. The summed E-state index contributed by atoms with van der Waals surface area (Å²) in [7, 11) is 0. The van der Waals surface area contributed by atoms with E-state index in [4.69, 9.17) is 5.73 Å². The van der Waals surface area contributed by atoms with Gasteiger partial charge in [0, 0.05) is 5.69 Å². The Labute approximate surface area is 97.0 Å². The maximum Gasteiger partial charge on any atom is 0.241 e. The lowest BCUT2D eigenvalue weighted by atomic mass is 9.99. The Kier molecular flexibility index (Phi) is 4.50. The number of rotatable bonds is 4. The number of hydrogen-bond donors (Lipinski definition) is 2. The minimum absolute atomic E-state index is 0.108. The molecule has 0 spiro atoms. The quantitative estimate of drug-likeness (QED) is 0.818. The third-order valence-corrected chi connectivity index (χ3v) is 2.96. The molecule has 0 fully saturated rings. The summed E-state index contributed by atoms with van der Waals surface area (Å²) in [6.45, 7) is 5.98. The van der Waals surface area contributed by atoms with Crippen LogP contribution in [0.5, 0.6) is 0 Å². The lowest BCUT2D eigenvalue weighted by Gasteiger charge is -2.18. The van der Waals surface area contributed by atoms with E-state index >= 15 is 0 Å². The monoisotopic (exact) mass is 220 g/mol. The van der Waals surface area contributed by atoms with E-state index in [0.29, 0.717) is 0 Å². The Bertz CT molecular complexity index is 363. The predicted octanol–water partition coefficient (Wildman–Crippen LogP) is 2.31. The first-order valence-electron chi connectivity index (χ1n) is 5.68. The van der Waals surface area contributed by atoms with Crippen molar-refractivity contribution in [1.29, 1.82) is 0 Å². The lowest BCUT2D eigenvalue weighted by molar-refractivity contribution is -0.118. The summed E-state index contributed by atoms with van der Waals surface area (Å²) < 4.78 is 0. The van der Waals surface area contributed by atoms with Gasteiger partial charge in [0.25, 0.3) is 0 Å². The van der Waals surface area contributed by atoms with Crippen LogP contribution in [0.4, 0.5) is 5.69 Å². The van der Waals surface area contributed by atoms with Gasteiger partial charge in [0.05, 0.1) is 6.04 Å². The average Bonchev–Trinajstić information content (AvgIpc) is 2.30. The van der Waals surface area contributed by atoms with Crippen molar-refractivity contribution < 1.29 is 4.79 Å². The van der Waals surface area contributed by atoms with Crippen LogP contribution in [0.25, 0.3) is 0 Å². The zero-order chi connectivity index (χ0) is 12.1. The van der Waals surface area contributed by atoms with E-state index in [1.165, 1.54) is 0 Å². The molecule has 3 heteroatoms. The number of hydrogen-bond acceptors (Lipinski definition) is 2. The highest BCUT2D eigenvalue weighted by atomic mass is 16.2. The molecule has 0 heterocycles. The van der Waals surface area contributed by atoms with E-state index in [-0.39, 0.29) is 11.8 Å².